The van der Waals surface area contributed by atoms with E-state index in [1.54, 1.807) is 0 Å². The van der Waals surface area contributed by atoms with Gasteiger partial charge < -0.3 is 10.8 Å². The Morgan fingerprint density at radius 1 is 1.00 bits per heavy atom. The van der Waals surface area contributed by atoms with Crippen LogP contribution in [0, 0.1) is 0 Å². The molecular formula is C17H29NO. The minimum absolute atomic E-state index is 0.112. The SMILES string of the molecule is CCCCCCc1ccc(C(N)CCCCO)cc1. The number of hydrogen-bond acceptors (Lipinski definition) is 2. The van der Waals surface area contributed by atoms with Crippen LogP contribution in [0.15, 0.2) is 24.3 Å². The molecule has 0 radical (unpaired) electrons. The second-order valence-electron chi connectivity index (χ2n) is 5.38. The van der Waals surface area contributed by atoms with E-state index in [1.165, 1.54) is 43.2 Å². The molecule has 1 atom stereocenters. The highest BCUT2D eigenvalue weighted by molar-refractivity contribution is 5.24. The average molecular weight is 263 g/mol. The summed E-state index contributed by atoms with van der Waals surface area (Å²) >= 11 is 0. The molecular weight excluding hydrogens is 234 g/mol. The summed E-state index contributed by atoms with van der Waals surface area (Å²) in [5, 5.41) is 8.77. The third-order valence-corrected chi connectivity index (χ3v) is 3.65. The summed E-state index contributed by atoms with van der Waals surface area (Å²) in [6.07, 6.45) is 9.24. The topological polar surface area (TPSA) is 46.2 Å². The summed E-state index contributed by atoms with van der Waals surface area (Å²) in [5.41, 5.74) is 8.78. The molecule has 0 saturated heterocycles. The van der Waals surface area contributed by atoms with E-state index >= 15 is 0 Å². The fourth-order valence-electron chi connectivity index (χ4n) is 2.33. The fourth-order valence-corrected chi connectivity index (χ4v) is 2.33. The Labute approximate surface area is 118 Å². The molecule has 0 aliphatic rings. The van der Waals surface area contributed by atoms with Gasteiger partial charge in [0.05, 0.1) is 0 Å². The van der Waals surface area contributed by atoms with Gasteiger partial charge in [-0.15, -0.1) is 0 Å². The lowest BCUT2D eigenvalue weighted by atomic mass is 9.99. The molecule has 2 heteroatoms. The minimum Gasteiger partial charge on any atom is -0.396 e. The molecule has 1 unspecified atom stereocenters. The first kappa shape index (κ1) is 16.2. The first-order valence-electron chi connectivity index (χ1n) is 7.73. The van der Waals surface area contributed by atoms with E-state index in [1.807, 2.05) is 0 Å². The van der Waals surface area contributed by atoms with Gasteiger partial charge in [-0.05, 0) is 43.2 Å². The Morgan fingerprint density at radius 2 is 1.74 bits per heavy atom. The van der Waals surface area contributed by atoms with Gasteiger partial charge in [0.2, 0.25) is 0 Å². The van der Waals surface area contributed by atoms with Crippen LogP contribution in [0.4, 0.5) is 0 Å². The van der Waals surface area contributed by atoms with Crippen LogP contribution in [0.2, 0.25) is 0 Å². The van der Waals surface area contributed by atoms with E-state index in [9.17, 15) is 0 Å². The highest BCUT2D eigenvalue weighted by Gasteiger charge is 2.05. The van der Waals surface area contributed by atoms with E-state index in [-0.39, 0.29) is 12.6 Å². The van der Waals surface area contributed by atoms with Crippen molar-refractivity contribution in [3.8, 4) is 0 Å². The van der Waals surface area contributed by atoms with E-state index in [2.05, 4.69) is 31.2 Å². The molecule has 0 fully saturated rings. The van der Waals surface area contributed by atoms with Crippen molar-refractivity contribution in [3.63, 3.8) is 0 Å². The largest absolute Gasteiger partial charge is 0.396 e. The lowest BCUT2D eigenvalue weighted by molar-refractivity contribution is 0.281. The lowest BCUT2D eigenvalue weighted by Gasteiger charge is -2.12. The molecule has 0 aliphatic carbocycles. The van der Waals surface area contributed by atoms with Crippen molar-refractivity contribution in [2.75, 3.05) is 6.61 Å². The number of aryl methyl sites for hydroxylation is 1. The van der Waals surface area contributed by atoms with E-state index in [0.29, 0.717) is 0 Å². The summed E-state index contributed by atoms with van der Waals surface area (Å²) in [4.78, 5) is 0. The van der Waals surface area contributed by atoms with Crippen molar-refractivity contribution in [2.45, 2.75) is 64.3 Å². The third kappa shape index (κ3) is 6.74. The molecule has 0 spiro atoms. The minimum atomic E-state index is 0.112. The highest BCUT2D eigenvalue weighted by Crippen LogP contribution is 2.18. The zero-order valence-corrected chi connectivity index (χ0v) is 12.3. The van der Waals surface area contributed by atoms with Crippen molar-refractivity contribution in [1.29, 1.82) is 0 Å². The van der Waals surface area contributed by atoms with E-state index < -0.39 is 0 Å². The van der Waals surface area contributed by atoms with E-state index in [0.717, 1.165) is 19.3 Å². The van der Waals surface area contributed by atoms with Gasteiger partial charge in [-0.2, -0.15) is 0 Å². The molecule has 0 aromatic heterocycles. The van der Waals surface area contributed by atoms with Gasteiger partial charge >= 0.3 is 0 Å². The molecule has 0 saturated carbocycles. The van der Waals surface area contributed by atoms with Crippen molar-refractivity contribution in [2.24, 2.45) is 5.73 Å². The van der Waals surface area contributed by atoms with Crippen molar-refractivity contribution >= 4 is 0 Å². The number of nitrogens with two attached hydrogens (primary N) is 1. The standard InChI is InChI=1S/C17H29NO/c1-2-3-4-5-8-15-10-12-16(13-11-15)17(18)9-6-7-14-19/h10-13,17,19H,2-9,14,18H2,1H3. The van der Waals surface area contributed by atoms with Gasteiger partial charge in [0.25, 0.3) is 0 Å². The van der Waals surface area contributed by atoms with Crippen LogP contribution in [0.1, 0.15) is 69.0 Å². The van der Waals surface area contributed by atoms with Crippen LogP contribution >= 0.6 is 0 Å². The second-order valence-corrected chi connectivity index (χ2v) is 5.38. The van der Waals surface area contributed by atoms with Crippen molar-refractivity contribution < 1.29 is 5.11 Å². The Kier molecular flexibility index (Phi) is 8.52. The zero-order chi connectivity index (χ0) is 13.9. The fraction of sp³-hybridized carbons (Fsp3) is 0.647. The molecule has 108 valence electrons. The van der Waals surface area contributed by atoms with Gasteiger partial charge in [0.15, 0.2) is 0 Å². The molecule has 0 aliphatic heterocycles. The second kappa shape index (κ2) is 9.99. The highest BCUT2D eigenvalue weighted by atomic mass is 16.2. The molecule has 1 rings (SSSR count). The first-order valence-corrected chi connectivity index (χ1v) is 7.73. The normalized spacial score (nSPS) is 12.6. The summed E-state index contributed by atoms with van der Waals surface area (Å²) in [6.45, 7) is 2.51. The molecule has 19 heavy (non-hydrogen) atoms. The lowest BCUT2D eigenvalue weighted by Crippen LogP contribution is -2.10. The van der Waals surface area contributed by atoms with Crippen LogP contribution in [0.25, 0.3) is 0 Å². The van der Waals surface area contributed by atoms with Gasteiger partial charge in [0.1, 0.15) is 0 Å². The number of aliphatic hydroxyl groups is 1. The van der Waals surface area contributed by atoms with Crippen LogP contribution in [0.5, 0.6) is 0 Å². The molecule has 0 heterocycles. The molecule has 3 N–H and O–H groups in total. The van der Waals surface area contributed by atoms with Gasteiger partial charge in [-0.3, -0.25) is 0 Å². The maximum atomic E-state index is 8.77. The molecule has 1 aromatic carbocycles. The third-order valence-electron chi connectivity index (χ3n) is 3.65. The molecule has 0 amide bonds. The van der Waals surface area contributed by atoms with Gasteiger partial charge in [-0.25, -0.2) is 0 Å². The summed E-state index contributed by atoms with van der Waals surface area (Å²) in [5.74, 6) is 0. The Balaban J connectivity index is 2.33. The maximum Gasteiger partial charge on any atom is 0.0431 e. The average Bonchev–Trinajstić information content (AvgIpc) is 2.44. The first-order chi connectivity index (χ1) is 9.27. The van der Waals surface area contributed by atoms with Crippen LogP contribution in [-0.4, -0.2) is 11.7 Å². The molecule has 2 nitrogen and oxygen atoms in total. The Hall–Kier alpha value is -0.860. The van der Waals surface area contributed by atoms with Crippen molar-refractivity contribution in [1.82, 2.24) is 0 Å². The summed E-state index contributed by atoms with van der Waals surface area (Å²) < 4.78 is 0. The van der Waals surface area contributed by atoms with Gasteiger partial charge in [-0.1, -0.05) is 50.5 Å². The van der Waals surface area contributed by atoms with E-state index in [4.69, 9.17) is 10.8 Å². The summed E-state index contributed by atoms with van der Waals surface area (Å²) in [7, 11) is 0. The summed E-state index contributed by atoms with van der Waals surface area (Å²) in [6, 6.07) is 8.87. The predicted molar refractivity (Wildman–Crippen MR) is 82.2 cm³/mol. The maximum absolute atomic E-state index is 8.77. The van der Waals surface area contributed by atoms with Crippen LogP contribution < -0.4 is 5.73 Å². The van der Waals surface area contributed by atoms with Crippen molar-refractivity contribution in [3.05, 3.63) is 35.4 Å². The van der Waals surface area contributed by atoms with Gasteiger partial charge in [0, 0.05) is 12.6 Å². The number of rotatable bonds is 10. The molecule has 1 aromatic rings. The van der Waals surface area contributed by atoms with Crippen LogP contribution in [0.3, 0.4) is 0 Å². The zero-order valence-electron chi connectivity index (χ0n) is 12.3. The Bertz CT molecular complexity index is 321. The molecule has 0 bridgehead atoms. The quantitative estimate of drug-likeness (QED) is 0.627. The monoisotopic (exact) mass is 263 g/mol. The smallest absolute Gasteiger partial charge is 0.0431 e. The Morgan fingerprint density at radius 3 is 2.37 bits per heavy atom. The number of unbranched alkanes of at least 4 members (excludes halogenated alkanes) is 4. The predicted octanol–water partition coefficient (Wildman–Crippen LogP) is 3.97. The van der Waals surface area contributed by atoms with Crippen LogP contribution in [-0.2, 0) is 6.42 Å². The number of hydrogen-bond donors (Lipinski definition) is 2. The number of benzene rings is 1. The number of aliphatic hydroxyl groups excluding tert-OH is 1.